The van der Waals surface area contributed by atoms with Crippen LogP contribution in [0.4, 0.5) is 5.69 Å². The molecule has 7 nitrogen and oxygen atoms in total. The zero-order valence-corrected chi connectivity index (χ0v) is 9.64. The number of carbonyl (C=O) groups is 1. The van der Waals surface area contributed by atoms with E-state index in [1.54, 1.807) is 0 Å². The van der Waals surface area contributed by atoms with Crippen molar-refractivity contribution in [3.8, 4) is 0 Å². The SMILES string of the molecule is CC(O)CNC(=O)c1cc([N+](=O)[O-])cnc1Cl. The second-order valence-electron chi connectivity index (χ2n) is 3.35. The number of hydrogen-bond donors (Lipinski definition) is 2. The quantitative estimate of drug-likeness (QED) is 0.472. The van der Waals surface area contributed by atoms with Crippen molar-refractivity contribution in [1.82, 2.24) is 10.3 Å². The minimum absolute atomic E-state index is 0.0256. The van der Waals surface area contributed by atoms with Crippen LogP contribution >= 0.6 is 11.6 Å². The zero-order chi connectivity index (χ0) is 13.0. The summed E-state index contributed by atoms with van der Waals surface area (Å²) in [5.74, 6) is -0.618. The van der Waals surface area contributed by atoms with Crippen molar-refractivity contribution >= 4 is 23.2 Å². The normalized spacial score (nSPS) is 11.9. The summed E-state index contributed by atoms with van der Waals surface area (Å²) in [6.07, 6.45) is 0.248. The number of rotatable bonds is 4. The molecule has 1 atom stereocenters. The average Bonchev–Trinajstić information content (AvgIpc) is 2.26. The first-order valence-corrected chi connectivity index (χ1v) is 5.06. The predicted molar refractivity (Wildman–Crippen MR) is 59.9 cm³/mol. The number of pyridine rings is 1. The Balaban J connectivity index is 2.92. The Kier molecular flexibility index (Phi) is 4.36. The fraction of sp³-hybridized carbons (Fsp3) is 0.333. The van der Waals surface area contributed by atoms with Gasteiger partial charge in [0.1, 0.15) is 11.3 Å². The topological polar surface area (TPSA) is 105 Å². The van der Waals surface area contributed by atoms with Gasteiger partial charge in [0, 0.05) is 12.6 Å². The average molecular weight is 260 g/mol. The molecule has 1 unspecified atom stereocenters. The monoisotopic (exact) mass is 259 g/mol. The summed E-state index contributed by atoms with van der Waals surface area (Å²) in [4.78, 5) is 25.0. The van der Waals surface area contributed by atoms with Crippen molar-refractivity contribution in [3.05, 3.63) is 33.1 Å². The third-order valence-electron chi connectivity index (χ3n) is 1.84. The van der Waals surface area contributed by atoms with Gasteiger partial charge in [0.2, 0.25) is 0 Å². The highest BCUT2D eigenvalue weighted by molar-refractivity contribution is 6.32. The van der Waals surface area contributed by atoms with Crippen LogP contribution in [0.5, 0.6) is 0 Å². The van der Waals surface area contributed by atoms with E-state index in [0.717, 1.165) is 12.3 Å². The van der Waals surface area contributed by atoms with E-state index in [0.29, 0.717) is 0 Å². The van der Waals surface area contributed by atoms with Gasteiger partial charge in [0.15, 0.2) is 0 Å². The number of carbonyl (C=O) groups excluding carboxylic acids is 1. The van der Waals surface area contributed by atoms with Crippen molar-refractivity contribution in [2.45, 2.75) is 13.0 Å². The van der Waals surface area contributed by atoms with Crippen LogP contribution in [-0.2, 0) is 0 Å². The Morgan fingerprint density at radius 1 is 1.76 bits per heavy atom. The summed E-state index contributed by atoms with van der Waals surface area (Å²) in [5, 5.41) is 21.7. The van der Waals surface area contributed by atoms with Crippen LogP contribution in [0.25, 0.3) is 0 Å². The maximum atomic E-state index is 11.6. The van der Waals surface area contributed by atoms with E-state index in [-0.39, 0.29) is 22.9 Å². The smallest absolute Gasteiger partial charge is 0.288 e. The van der Waals surface area contributed by atoms with Gasteiger partial charge in [0.05, 0.1) is 16.6 Å². The maximum Gasteiger partial charge on any atom is 0.288 e. The molecule has 8 heteroatoms. The van der Waals surface area contributed by atoms with Gasteiger partial charge in [0.25, 0.3) is 11.6 Å². The second-order valence-corrected chi connectivity index (χ2v) is 3.71. The fourth-order valence-electron chi connectivity index (χ4n) is 1.03. The lowest BCUT2D eigenvalue weighted by Gasteiger charge is -2.07. The van der Waals surface area contributed by atoms with Crippen LogP contribution in [0, 0.1) is 10.1 Å². The predicted octanol–water partition coefficient (Wildman–Crippen LogP) is 0.754. The number of nitrogens with zero attached hydrogens (tertiary/aromatic N) is 2. The van der Waals surface area contributed by atoms with E-state index in [1.165, 1.54) is 6.92 Å². The summed E-state index contributed by atoms with van der Waals surface area (Å²) in [7, 11) is 0. The van der Waals surface area contributed by atoms with Crippen LogP contribution in [0.2, 0.25) is 5.15 Å². The third kappa shape index (κ3) is 3.65. The zero-order valence-electron chi connectivity index (χ0n) is 8.88. The molecule has 0 aliphatic rings. The summed E-state index contributed by atoms with van der Waals surface area (Å²) < 4.78 is 0. The van der Waals surface area contributed by atoms with Crippen LogP contribution < -0.4 is 5.32 Å². The van der Waals surface area contributed by atoms with Gasteiger partial charge in [-0.1, -0.05) is 11.6 Å². The number of hydrogen-bond acceptors (Lipinski definition) is 5. The molecule has 0 bridgehead atoms. The Morgan fingerprint density at radius 2 is 2.41 bits per heavy atom. The molecule has 1 amide bonds. The Bertz CT molecular complexity index is 450. The molecular weight excluding hydrogens is 250 g/mol. The fourth-order valence-corrected chi connectivity index (χ4v) is 1.22. The van der Waals surface area contributed by atoms with Crippen molar-refractivity contribution in [2.24, 2.45) is 0 Å². The molecule has 1 aromatic heterocycles. The molecule has 17 heavy (non-hydrogen) atoms. The molecule has 1 heterocycles. The van der Waals surface area contributed by atoms with Gasteiger partial charge in [-0.15, -0.1) is 0 Å². The molecule has 1 aromatic rings. The highest BCUT2D eigenvalue weighted by Crippen LogP contribution is 2.18. The van der Waals surface area contributed by atoms with Crippen molar-refractivity contribution in [3.63, 3.8) is 0 Å². The Morgan fingerprint density at radius 3 is 2.94 bits per heavy atom. The molecule has 2 N–H and O–H groups in total. The van der Waals surface area contributed by atoms with Crippen LogP contribution in [0.15, 0.2) is 12.3 Å². The maximum absolute atomic E-state index is 11.6. The lowest BCUT2D eigenvalue weighted by atomic mass is 10.2. The van der Waals surface area contributed by atoms with Crippen molar-refractivity contribution < 1.29 is 14.8 Å². The molecule has 0 aliphatic carbocycles. The minimum Gasteiger partial charge on any atom is -0.392 e. The number of amides is 1. The first-order chi connectivity index (χ1) is 7.91. The van der Waals surface area contributed by atoms with Gasteiger partial charge in [-0.2, -0.15) is 0 Å². The molecular formula is C9H10ClN3O4. The van der Waals surface area contributed by atoms with E-state index < -0.39 is 16.9 Å². The highest BCUT2D eigenvalue weighted by atomic mass is 35.5. The van der Waals surface area contributed by atoms with E-state index in [1.807, 2.05) is 0 Å². The third-order valence-corrected chi connectivity index (χ3v) is 2.14. The van der Waals surface area contributed by atoms with Gasteiger partial charge in [-0.3, -0.25) is 14.9 Å². The summed E-state index contributed by atoms with van der Waals surface area (Å²) in [6, 6.07) is 1.03. The molecule has 92 valence electrons. The minimum atomic E-state index is -0.718. The molecule has 0 saturated heterocycles. The lowest BCUT2D eigenvalue weighted by molar-refractivity contribution is -0.385. The van der Waals surface area contributed by atoms with Crippen LogP contribution in [-0.4, -0.2) is 33.6 Å². The number of nitro groups is 1. The number of halogens is 1. The van der Waals surface area contributed by atoms with Crippen molar-refractivity contribution in [1.29, 1.82) is 0 Å². The van der Waals surface area contributed by atoms with Crippen molar-refractivity contribution in [2.75, 3.05) is 6.54 Å². The number of aliphatic hydroxyl groups is 1. The van der Waals surface area contributed by atoms with Gasteiger partial charge >= 0.3 is 0 Å². The first kappa shape index (κ1) is 13.3. The summed E-state index contributed by atoms with van der Waals surface area (Å²) in [6.45, 7) is 1.52. The number of aliphatic hydroxyl groups excluding tert-OH is 1. The first-order valence-electron chi connectivity index (χ1n) is 4.68. The van der Waals surface area contributed by atoms with E-state index in [2.05, 4.69) is 10.3 Å². The van der Waals surface area contributed by atoms with Gasteiger partial charge < -0.3 is 10.4 Å². The van der Waals surface area contributed by atoms with Crippen LogP contribution in [0.1, 0.15) is 17.3 Å². The molecule has 1 rings (SSSR count). The van der Waals surface area contributed by atoms with E-state index >= 15 is 0 Å². The Labute approximate surface area is 102 Å². The number of nitrogens with one attached hydrogen (secondary N) is 1. The lowest BCUT2D eigenvalue weighted by Crippen LogP contribution is -2.30. The molecule has 0 saturated carbocycles. The van der Waals surface area contributed by atoms with E-state index in [9.17, 15) is 14.9 Å². The molecule has 0 aliphatic heterocycles. The summed E-state index contributed by atoms with van der Waals surface area (Å²) in [5.41, 5.74) is -0.418. The van der Waals surface area contributed by atoms with E-state index in [4.69, 9.17) is 16.7 Å². The summed E-state index contributed by atoms with van der Waals surface area (Å²) >= 11 is 5.65. The van der Waals surface area contributed by atoms with Crippen LogP contribution in [0.3, 0.4) is 0 Å². The second kappa shape index (κ2) is 5.55. The molecule has 0 radical (unpaired) electrons. The molecule has 0 aromatic carbocycles. The van der Waals surface area contributed by atoms with Gasteiger partial charge in [-0.05, 0) is 6.92 Å². The standard InChI is InChI=1S/C9H10ClN3O4/c1-5(14)3-12-9(15)7-2-6(13(16)17)4-11-8(7)10/h2,4-5,14H,3H2,1H3,(H,12,15). The molecule has 0 spiro atoms. The number of aromatic nitrogens is 1. The van der Waals surface area contributed by atoms with Gasteiger partial charge in [-0.25, -0.2) is 4.98 Å². The molecule has 0 fully saturated rings. The highest BCUT2D eigenvalue weighted by Gasteiger charge is 2.17. The Hall–Kier alpha value is -1.73. The largest absolute Gasteiger partial charge is 0.392 e.